The number of furan rings is 1. The Morgan fingerprint density at radius 1 is 0.358 bits per heavy atom. The van der Waals surface area contributed by atoms with Crippen molar-refractivity contribution in [3.05, 3.63) is 199 Å². The molecule has 0 fully saturated rings. The molecule has 10 rings (SSSR count). The second kappa shape index (κ2) is 12.3. The molecule has 0 amide bonds. The quantitative estimate of drug-likeness (QED) is 0.174. The molecule has 0 aliphatic heterocycles. The van der Waals surface area contributed by atoms with E-state index < -0.39 is 0 Å². The van der Waals surface area contributed by atoms with E-state index >= 15 is 0 Å². The Kier molecular flexibility index (Phi) is 7.19. The molecular formula is C51H37NO. The molecule has 53 heavy (non-hydrogen) atoms. The van der Waals surface area contributed by atoms with E-state index in [1.807, 2.05) is 12.1 Å². The Bertz CT molecular complexity index is 2770. The Balaban J connectivity index is 0.932. The van der Waals surface area contributed by atoms with Crippen molar-refractivity contribution in [2.75, 3.05) is 4.90 Å². The largest absolute Gasteiger partial charge is 0.456 e. The van der Waals surface area contributed by atoms with Crippen LogP contribution >= 0.6 is 0 Å². The van der Waals surface area contributed by atoms with Gasteiger partial charge in [0, 0.05) is 33.2 Å². The zero-order chi connectivity index (χ0) is 35.5. The molecule has 0 unspecified atom stereocenters. The van der Waals surface area contributed by atoms with E-state index in [0.717, 1.165) is 39.0 Å². The molecule has 0 bridgehead atoms. The minimum Gasteiger partial charge on any atom is -0.456 e. The van der Waals surface area contributed by atoms with E-state index in [1.54, 1.807) is 0 Å². The second-order valence-electron chi connectivity index (χ2n) is 14.6. The smallest absolute Gasteiger partial charge is 0.135 e. The van der Waals surface area contributed by atoms with Gasteiger partial charge in [-0.05, 0) is 116 Å². The fourth-order valence-electron chi connectivity index (χ4n) is 8.27. The summed E-state index contributed by atoms with van der Waals surface area (Å²) in [6, 6.07) is 67.9. The third kappa shape index (κ3) is 5.26. The summed E-state index contributed by atoms with van der Waals surface area (Å²) in [5.74, 6) is 0. The Morgan fingerprint density at radius 2 is 0.830 bits per heavy atom. The van der Waals surface area contributed by atoms with Crippen molar-refractivity contribution >= 4 is 39.0 Å². The minimum atomic E-state index is -0.0224. The predicted octanol–water partition coefficient (Wildman–Crippen LogP) is 14.4. The van der Waals surface area contributed by atoms with Gasteiger partial charge in [0.1, 0.15) is 11.2 Å². The van der Waals surface area contributed by atoms with E-state index in [2.05, 4.69) is 195 Å². The van der Waals surface area contributed by atoms with Gasteiger partial charge in [0.05, 0.1) is 0 Å². The van der Waals surface area contributed by atoms with Gasteiger partial charge in [-0.25, -0.2) is 0 Å². The molecule has 1 aliphatic rings. The van der Waals surface area contributed by atoms with Crippen LogP contribution in [0.25, 0.3) is 66.4 Å². The number of fused-ring (bicyclic) bond motifs is 6. The van der Waals surface area contributed by atoms with Crippen molar-refractivity contribution in [2.24, 2.45) is 0 Å². The van der Waals surface area contributed by atoms with Crippen LogP contribution < -0.4 is 4.90 Å². The van der Waals surface area contributed by atoms with E-state index in [4.69, 9.17) is 4.42 Å². The van der Waals surface area contributed by atoms with Crippen LogP contribution in [0.1, 0.15) is 25.0 Å². The molecule has 9 aromatic rings. The lowest BCUT2D eigenvalue weighted by molar-refractivity contribution is 0.660. The molecule has 0 saturated carbocycles. The highest BCUT2D eigenvalue weighted by molar-refractivity contribution is 6.06. The summed E-state index contributed by atoms with van der Waals surface area (Å²) in [5, 5.41) is 2.30. The molecule has 0 radical (unpaired) electrons. The Hall–Kier alpha value is -6.64. The maximum absolute atomic E-state index is 6.05. The van der Waals surface area contributed by atoms with Gasteiger partial charge in [0.2, 0.25) is 0 Å². The summed E-state index contributed by atoms with van der Waals surface area (Å²) in [6.07, 6.45) is 0. The third-order valence-electron chi connectivity index (χ3n) is 11.1. The summed E-state index contributed by atoms with van der Waals surface area (Å²) in [4.78, 5) is 2.33. The molecule has 0 atom stereocenters. The maximum atomic E-state index is 6.05. The lowest BCUT2D eigenvalue weighted by atomic mass is 9.81. The van der Waals surface area contributed by atoms with Crippen molar-refractivity contribution in [3.63, 3.8) is 0 Å². The van der Waals surface area contributed by atoms with Gasteiger partial charge >= 0.3 is 0 Å². The average molecular weight is 680 g/mol. The van der Waals surface area contributed by atoms with Gasteiger partial charge in [0.15, 0.2) is 0 Å². The van der Waals surface area contributed by atoms with Crippen LogP contribution in [0.2, 0.25) is 0 Å². The van der Waals surface area contributed by atoms with Crippen molar-refractivity contribution in [3.8, 4) is 44.5 Å². The number of hydrogen-bond acceptors (Lipinski definition) is 2. The molecule has 8 aromatic carbocycles. The molecule has 0 spiro atoms. The van der Waals surface area contributed by atoms with Crippen molar-refractivity contribution in [2.45, 2.75) is 19.3 Å². The van der Waals surface area contributed by atoms with E-state index in [0.29, 0.717) is 0 Å². The molecule has 1 aliphatic carbocycles. The molecule has 2 heteroatoms. The number of nitrogens with zero attached hydrogens (tertiary/aromatic N) is 1. The van der Waals surface area contributed by atoms with Gasteiger partial charge in [0.25, 0.3) is 0 Å². The van der Waals surface area contributed by atoms with E-state index in [-0.39, 0.29) is 5.41 Å². The zero-order valence-corrected chi connectivity index (χ0v) is 29.8. The van der Waals surface area contributed by atoms with Gasteiger partial charge in [-0.15, -0.1) is 0 Å². The van der Waals surface area contributed by atoms with Crippen LogP contribution in [-0.4, -0.2) is 0 Å². The number of rotatable bonds is 6. The first-order valence-corrected chi connectivity index (χ1v) is 18.3. The molecular weight excluding hydrogens is 643 g/mol. The highest BCUT2D eigenvalue weighted by Crippen LogP contribution is 2.49. The SMILES string of the molecule is CC1(C)c2ccccc2-c2ccc(-c3ccc(N(c4ccccc4)c4ccc(-c5ccc(-c6ccc7oc8ccccc8c7c6)cc5)cc4)cc3)cc21. The fourth-order valence-corrected chi connectivity index (χ4v) is 8.27. The van der Waals surface area contributed by atoms with E-state index in [9.17, 15) is 0 Å². The summed E-state index contributed by atoms with van der Waals surface area (Å²) in [5.41, 5.74) is 17.9. The average Bonchev–Trinajstić information content (AvgIpc) is 3.70. The minimum absolute atomic E-state index is 0.0224. The van der Waals surface area contributed by atoms with Crippen LogP contribution in [0.15, 0.2) is 192 Å². The van der Waals surface area contributed by atoms with Crippen LogP contribution in [0, 0.1) is 0 Å². The Labute approximate surface area is 310 Å². The summed E-state index contributed by atoms with van der Waals surface area (Å²) < 4.78 is 6.05. The van der Waals surface area contributed by atoms with Crippen LogP contribution in [-0.2, 0) is 5.41 Å². The zero-order valence-electron chi connectivity index (χ0n) is 29.8. The van der Waals surface area contributed by atoms with Crippen LogP contribution in [0.4, 0.5) is 17.1 Å². The van der Waals surface area contributed by atoms with Gasteiger partial charge < -0.3 is 9.32 Å². The molecule has 0 saturated heterocycles. The normalized spacial score (nSPS) is 12.9. The van der Waals surface area contributed by atoms with Crippen molar-refractivity contribution < 1.29 is 4.42 Å². The van der Waals surface area contributed by atoms with Gasteiger partial charge in [-0.3, -0.25) is 0 Å². The van der Waals surface area contributed by atoms with Crippen LogP contribution in [0.3, 0.4) is 0 Å². The van der Waals surface area contributed by atoms with Gasteiger partial charge in [-0.1, -0.05) is 141 Å². The number of anilines is 3. The highest BCUT2D eigenvalue weighted by atomic mass is 16.3. The van der Waals surface area contributed by atoms with Gasteiger partial charge in [-0.2, -0.15) is 0 Å². The first-order chi connectivity index (χ1) is 26.0. The summed E-state index contributed by atoms with van der Waals surface area (Å²) in [6.45, 7) is 4.68. The standard InChI is InChI=1S/C51H37NO/c1-51(2)47-14-8-6-12-43(47)44-30-24-39(33-48(44)51)37-22-28-42(29-23-37)52(40-10-4-3-5-11-40)41-26-20-35(21-27-41)34-16-18-36(19-17-34)38-25-31-50-46(32-38)45-13-7-9-15-49(45)53-50/h3-33H,1-2H3. The molecule has 1 heterocycles. The topological polar surface area (TPSA) is 16.4 Å². The molecule has 252 valence electrons. The summed E-state index contributed by atoms with van der Waals surface area (Å²) >= 11 is 0. The summed E-state index contributed by atoms with van der Waals surface area (Å²) in [7, 11) is 0. The highest BCUT2D eigenvalue weighted by Gasteiger charge is 2.35. The second-order valence-corrected chi connectivity index (χ2v) is 14.6. The van der Waals surface area contributed by atoms with Crippen molar-refractivity contribution in [1.29, 1.82) is 0 Å². The molecule has 0 N–H and O–H groups in total. The third-order valence-corrected chi connectivity index (χ3v) is 11.1. The maximum Gasteiger partial charge on any atom is 0.135 e. The number of hydrogen-bond donors (Lipinski definition) is 0. The molecule has 1 aromatic heterocycles. The molecule has 2 nitrogen and oxygen atoms in total. The van der Waals surface area contributed by atoms with Crippen molar-refractivity contribution in [1.82, 2.24) is 0 Å². The monoisotopic (exact) mass is 679 g/mol. The predicted molar refractivity (Wildman–Crippen MR) is 222 cm³/mol. The first kappa shape index (κ1) is 31.1. The number of para-hydroxylation sites is 2. The van der Waals surface area contributed by atoms with E-state index in [1.165, 1.54) is 55.6 Å². The fraction of sp³-hybridized carbons (Fsp3) is 0.0588. The number of benzene rings is 8. The van der Waals surface area contributed by atoms with Crippen LogP contribution in [0.5, 0.6) is 0 Å². The lowest BCUT2D eigenvalue weighted by Crippen LogP contribution is -2.14. The first-order valence-electron chi connectivity index (χ1n) is 18.3. The Morgan fingerprint density at radius 3 is 1.53 bits per heavy atom. The lowest BCUT2D eigenvalue weighted by Gasteiger charge is -2.26.